The predicted octanol–water partition coefficient (Wildman–Crippen LogP) is 11.3. The van der Waals surface area contributed by atoms with Crippen molar-refractivity contribution in [3.63, 3.8) is 0 Å². The second-order valence-electron chi connectivity index (χ2n) is 12.9. The van der Waals surface area contributed by atoms with Gasteiger partial charge < -0.3 is 14.4 Å². The van der Waals surface area contributed by atoms with Crippen LogP contribution in [0.3, 0.4) is 0 Å². The van der Waals surface area contributed by atoms with E-state index < -0.39 is 0 Å². The molecular weight excluding hydrogens is 583 g/mol. The molecule has 0 saturated carbocycles. The molecule has 2 heterocycles. The highest BCUT2D eigenvalue weighted by Crippen LogP contribution is 2.46. The molecule has 7 aromatic rings. The van der Waals surface area contributed by atoms with Crippen molar-refractivity contribution in [1.82, 2.24) is 4.57 Å². The fraction of sp³-hybridized carbons (Fsp3) is 0.0667. The Morgan fingerprint density at radius 2 is 1.08 bits per heavy atom. The van der Waals surface area contributed by atoms with Gasteiger partial charge in [0.25, 0.3) is 0 Å². The largest absolute Gasteiger partial charge is 0.341 e. The summed E-state index contributed by atoms with van der Waals surface area (Å²) in [5, 5.41) is 2.52. The highest BCUT2D eigenvalue weighted by atomic mass is 15.3. The lowest BCUT2D eigenvalue weighted by Crippen LogP contribution is -2.30. The molecule has 1 atom stereocenters. The minimum atomic E-state index is -0.318. The minimum Gasteiger partial charge on any atom is -0.341 e. The number of allylic oxidation sites excluding steroid dienone is 4. The van der Waals surface area contributed by atoms with E-state index in [1.807, 2.05) is 0 Å². The minimum absolute atomic E-state index is 0.318. The van der Waals surface area contributed by atoms with Gasteiger partial charge in [0.2, 0.25) is 0 Å². The van der Waals surface area contributed by atoms with Crippen LogP contribution < -0.4 is 9.80 Å². The Bertz CT molecular complexity index is 2410. The SMILES string of the molecule is CN1C2=C(C=CC(C)(c3ccc4c(c3)c3ccccc3n4-c3ccc(-c4ccccc4)cc3)C=C2)N(c2ccccc2)c2ccccc21. The van der Waals surface area contributed by atoms with Gasteiger partial charge in [0, 0.05) is 34.6 Å². The van der Waals surface area contributed by atoms with Crippen LogP contribution in [0, 0.1) is 0 Å². The van der Waals surface area contributed by atoms with E-state index in [0.717, 1.165) is 11.4 Å². The van der Waals surface area contributed by atoms with Crippen molar-refractivity contribution in [2.75, 3.05) is 16.8 Å². The van der Waals surface area contributed by atoms with Crippen molar-refractivity contribution >= 4 is 38.9 Å². The maximum absolute atomic E-state index is 2.40. The summed E-state index contributed by atoms with van der Waals surface area (Å²) < 4.78 is 2.40. The summed E-state index contributed by atoms with van der Waals surface area (Å²) in [5.41, 5.74) is 12.8. The molecule has 1 aliphatic heterocycles. The average molecular weight is 618 g/mol. The number of rotatable bonds is 4. The van der Waals surface area contributed by atoms with E-state index >= 15 is 0 Å². The zero-order valence-corrected chi connectivity index (χ0v) is 27.1. The first-order valence-electron chi connectivity index (χ1n) is 16.6. The van der Waals surface area contributed by atoms with E-state index in [2.05, 4.69) is 204 Å². The second kappa shape index (κ2) is 11.0. The summed E-state index contributed by atoms with van der Waals surface area (Å²) in [6, 6.07) is 54.6. The Balaban J connectivity index is 1.14. The van der Waals surface area contributed by atoms with Crippen molar-refractivity contribution in [1.29, 1.82) is 0 Å². The fourth-order valence-corrected chi connectivity index (χ4v) is 7.47. The Kier molecular flexibility index (Phi) is 6.48. The Morgan fingerprint density at radius 3 is 1.85 bits per heavy atom. The smallest absolute Gasteiger partial charge is 0.0699 e. The van der Waals surface area contributed by atoms with Crippen LogP contribution in [0.5, 0.6) is 0 Å². The van der Waals surface area contributed by atoms with E-state index in [1.54, 1.807) is 0 Å². The zero-order chi connectivity index (χ0) is 32.2. The van der Waals surface area contributed by atoms with Gasteiger partial charge in [0.1, 0.15) is 0 Å². The lowest BCUT2D eigenvalue weighted by atomic mass is 9.81. The molecule has 48 heavy (non-hydrogen) atoms. The summed E-state index contributed by atoms with van der Waals surface area (Å²) in [6.45, 7) is 2.32. The first-order chi connectivity index (χ1) is 23.6. The van der Waals surface area contributed by atoms with Gasteiger partial charge in [0.15, 0.2) is 0 Å². The molecule has 2 aliphatic rings. The summed E-state index contributed by atoms with van der Waals surface area (Å²) in [5.74, 6) is 0. The highest BCUT2D eigenvalue weighted by molar-refractivity contribution is 6.09. The number of hydrogen-bond donors (Lipinski definition) is 0. The fourth-order valence-electron chi connectivity index (χ4n) is 7.47. The number of likely N-dealkylation sites (N-methyl/N-ethyl adjacent to an activating group) is 1. The van der Waals surface area contributed by atoms with E-state index in [-0.39, 0.29) is 5.41 Å². The van der Waals surface area contributed by atoms with Gasteiger partial charge in [-0.25, -0.2) is 0 Å². The molecule has 0 amide bonds. The molecular formula is C45H35N3. The Labute approximate surface area is 281 Å². The lowest BCUT2D eigenvalue weighted by Gasteiger charge is -2.38. The molecule has 0 spiro atoms. The van der Waals surface area contributed by atoms with Crippen LogP contribution >= 0.6 is 0 Å². The summed E-state index contributed by atoms with van der Waals surface area (Å²) in [7, 11) is 2.17. The maximum Gasteiger partial charge on any atom is 0.0699 e. The molecule has 1 unspecified atom stereocenters. The molecule has 6 aromatic carbocycles. The molecule has 230 valence electrons. The maximum atomic E-state index is 2.40. The summed E-state index contributed by atoms with van der Waals surface area (Å²) in [6.07, 6.45) is 9.35. The van der Waals surface area contributed by atoms with Crippen LogP contribution in [-0.2, 0) is 5.41 Å². The van der Waals surface area contributed by atoms with Gasteiger partial charge in [-0.1, -0.05) is 109 Å². The highest BCUT2D eigenvalue weighted by Gasteiger charge is 2.31. The van der Waals surface area contributed by atoms with Gasteiger partial charge in [0.05, 0.1) is 33.8 Å². The Morgan fingerprint density at radius 1 is 0.479 bits per heavy atom. The predicted molar refractivity (Wildman–Crippen MR) is 202 cm³/mol. The van der Waals surface area contributed by atoms with Crippen LogP contribution in [0.2, 0.25) is 0 Å². The van der Waals surface area contributed by atoms with E-state index in [1.165, 1.54) is 61.3 Å². The van der Waals surface area contributed by atoms with Crippen LogP contribution in [0.25, 0.3) is 38.6 Å². The van der Waals surface area contributed by atoms with Crippen molar-refractivity contribution in [2.45, 2.75) is 12.3 Å². The van der Waals surface area contributed by atoms with Crippen molar-refractivity contribution in [3.8, 4) is 16.8 Å². The summed E-state index contributed by atoms with van der Waals surface area (Å²) >= 11 is 0. The molecule has 0 fully saturated rings. The van der Waals surface area contributed by atoms with Gasteiger partial charge in [-0.2, -0.15) is 0 Å². The van der Waals surface area contributed by atoms with Crippen molar-refractivity contribution < 1.29 is 0 Å². The monoisotopic (exact) mass is 617 g/mol. The van der Waals surface area contributed by atoms with Crippen LogP contribution in [-0.4, -0.2) is 11.6 Å². The normalized spacial score (nSPS) is 17.1. The number of nitrogens with zero attached hydrogens (tertiary/aromatic N) is 3. The molecule has 0 N–H and O–H groups in total. The number of aromatic nitrogens is 1. The number of hydrogen-bond acceptors (Lipinski definition) is 2. The molecule has 3 heteroatoms. The third kappa shape index (κ3) is 4.43. The Hall–Kier alpha value is -6.06. The van der Waals surface area contributed by atoms with Gasteiger partial charge in [-0.3, -0.25) is 0 Å². The standard InChI is InChI=1S/C45H35N3/c1-45(29-27-42-44(28-30-45)48(35-15-7-4-8-16-35)43-20-12-11-19-41(43)46(42)2)34-23-26-40-38(31-34)37-17-9-10-18-39(37)47(40)36-24-21-33(22-25-36)32-13-5-3-6-14-32/h3-31H,1-2H3. The number of benzene rings is 6. The third-order valence-corrected chi connectivity index (χ3v) is 10.1. The van der Waals surface area contributed by atoms with E-state index in [4.69, 9.17) is 0 Å². The van der Waals surface area contributed by atoms with Gasteiger partial charge >= 0.3 is 0 Å². The lowest BCUT2D eigenvalue weighted by molar-refractivity contribution is 0.759. The zero-order valence-electron chi connectivity index (χ0n) is 27.1. The second-order valence-corrected chi connectivity index (χ2v) is 12.9. The van der Waals surface area contributed by atoms with Crippen molar-refractivity contribution in [2.24, 2.45) is 0 Å². The van der Waals surface area contributed by atoms with Gasteiger partial charge in [-0.15, -0.1) is 0 Å². The summed E-state index contributed by atoms with van der Waals surface area (Å²) in [4.78, 5) is 4.70. The number of para-hydroxylation sites is 4. The number of fused-ring (bicyclic) bond motifs is 4. The molecule has 0 bridgehead atoms. The molecule has 9 rings (SSSR count). The van der Waals surface area contributed by atoms with Crippen LogP contribution in [0.4, 0.5) is 17.1 Å². The van der Waals surface area contributed by atoms with E-state index in [9.17, 15) is 0 Å². The molecule has 1 aliphatic carbocycles. The topological polar surface area (TPSA) is 11.4 Å². The molecule has 0 radical (unpaired) electrons. The quantitative estimate of drug-likeness (QED) is 0.195. The third-order valence-electron chi connectivity index (χ3n) is 10.1. The first-order valence-corrected chi connectivity index (χ1v) is 16.6. The van der Waals surface area contributed by atoms with Crippen LogP contribution in [0.15, 0.2) is 187 Å². The molecule has 1 aromatic heterocycles. The average Bonchev–Trinajstić information content (AvgIpc) is 3.37. The van der Waals surface area contributed by atoms with Gasteiger partial charge in [-0.05, 0) is 90.4 Å². The van der Waals surface area contributed by atoms with E-state index in [0.29, 0.717) is 0 Å². The number of anilines is 3. The van der Waals surface area contributed by atoms with Crippen molar-refractivity contribution in [3.05, 3.63) is 193 Å². The van der Waals surface area contributed by atoms with Crippen LogP contribution in [0.1, 0.15) is 12.5 Å². The molecule has 0 saturated heterocycles. The molecule has 3 nitrogen and oxygen atoms in total. The first kappa shape index (κ1) is 28.2.